The second kappa shape index (κ2) is 10.3. The lowest BCUT2D eigenvalue weighted by Gasteiger charge is -2.27. The molecular weight excluding hydrogens is 412 g/mol. The van der Waals surface area contributed by atoms with Crippen LogP contribution in [0.2, 0.25) is 0 Å². The number of nitrogens with one attached hydrogen (secondary N) is 2. The van der Waals surface area contributed by atoms with Crippen molar-refractivity contribution in [2.45, 2.75) is 6.42 Å². The van der Waals surface area contributed by atoms with Crippen LogP contribution < -0.4 is 25.2 Å². The minimum absolute atomic E-state index is 0.0509. The summed E-state index contributed by atoms with van der Waals surface area (Å²) in [5, 5.41) is 6.12. The molecule has 10 nitrogen and oxygen atoms in total. The molecule has 1 aromatic carbocycles. The van der Waals surface area contributed by atoms with E-state index in [1.54, 1.807) is 24.1 Å². The molecule has 1 atom stereocenters. The molecule has 2 aliphatic heterocycles. The van der Waals surface area contributed by atoms with Gasteiger partial charge in [0.25, 0.3) is 0 Å². The van der Waals surface area contributed by atoms with Crippen LogP contribution in [0.25, 0.3) is 0 Å². The molecule has 1 aromatic heterocycles. The van der Waals surface area contributed by atoms with Gasteiger partial charge in [0.2, 0.25) is 11.8 Å². The van der Waals surface area contributed by atoms with Crippen LogP contribution in [0.5, 0.6) is 5.75 Å². The van der Waals surface area contributed by atoms with Crippen molar-refractivity contribution in [3.8, 4) is 5.75 Å². The van der Waals surface area contributed by atoms with Crippen LogP contribution in [0.4, 0.5) is 17.3 Å². The van der Waals surface area contributed by atoms with Crippen molar-refractivity contribution in [2.24, 2.45) is 5.92 Å². The number of ether oxygens (including phenoxy) is 2. The molecule has 3 heterocycles. The summed E-state index contributed by atoms with van der Waals surface area (Å²) in [5.74, 6) is 1.76. The third kappa shape index (κ3) is 5.25. The molecule has 2 aromatic rings. The lowest BCUT2D eigenvalue weighted by Crippen LogP contribution is -2.37. The predicted octanol–water partition coefficient (Wildman–Crippen LogP) is 0.903. The van der Waals surface area contributed by atoms with E-state index in [4.69, 9.17) is 9.47 Å². The summed E-state index contributed by atoms with van der Waals surface area (Å²) in [6.45, 7) is 4.33. The molecule has 2 saturated heterocycles. The number of aromatic nitrogens is 2. The number of carbonyl (C=O) groups excluding carboxylic acids is 2. The van der Waals surface area contributed by atoms with Gasteiger partial charge in [-0.25, -0.2) is 9.97 Å². The molecule has 2 N–H and O–H groups in total. The number of nitrogens with zero attached hydrogens (tertiary/aromatic N) is 4. The van der Waals surface area contributed by atoms with Crippen molar-refractivity contribution < 1.29 is 19.1 Å². The van der Waals surface area contributed by atoms with Crippen molar-refractivity contribution >= 4 is 29.1 Å². The number of morpholine rings is 1. The smallest absolute Gasteiger partial charge is 0.227 e. The second-order valence-corrected chi connectivity index (χ2v) is 7.68. The molecule has 0 spiro atoms. The molecule has 2 fully saturated rings. The number of benzene rings is 1. The molecule has 0 radical (unpaired) electrons. The van der Waals surface area contributed by atoms with Gasteiger partial charge in [0.1, 0.15) is 23.7 Å². The topological polar surface area (TPSA) is 109 Å². The first-order valence-corrected chi connectivity index (χ1v) is 10.7. The lowest BCUT2D eigenvalue weighted by molar-refractivity contribution is -0.126. The Labute approximate surface area is 186 Å². The Morgan fingerprint density at radius 3 is 2.72 bits per heavy atom. The van der Waals surface area contributed by atoms with E-state index in [9.17, 15) is 9.59 Å². The van der Waals surface area contributed by atoms with Gasteiger partial charge >= 0.3 is 0 Å². The average Bonchev–Trinajstić information content (AvgIpc) is 3.24. The minimum atomic E-state index is -0.364. The fourth-order valence-corrected chi connectivity index (χ4v) is 3.82. The van der Waals surface area contributed by atoms with Gasteiger partial charge in [-0.3, -0.25) is 9.59 Å². The lowest BCUT2D eigenvalue weighted by atomic mass is 10.1. The highest BCUT2D eigenvalue weighted by Crippen LogP contribution is 2.26. The van der Waals surface area contributed by atoms with E-state index < -0.39 is 0 Å². The number of rotatable bonds is 8. The van der Waals surface area contributed by atoms with Crippen molar-refractivity contribution in [3.63, 3.8) is 0 Å². The largest absolute Gasteiger partial charge is 0.497 e. The summed E-state index contributed by atoms with van der Waals surface area (Å²) in [5.41, 5.74) is 0.771. The Balaban J connectivity index is 1.22. The van der Waals surface area contributed by atoms with Crippen LogP contribution in [-0.4, -0.2) is 74.8 Å². The number of hydrogen-bond donors (Lipinski definition) is 2. The minimum Gasteiger partial charge on any atom is -0.497 e. The van der Waals surface area contributed by atoms with Gasteiger partial charge in [0, 0.05) is 50.9 Å². The molecule has 32 heavy (non-hydrogen) atoms. The van der Waals surface area contributed by atoms with E-state index in [0.717, 1.165) is 30.3 Å². The Hall–Kier alpha value is -3.40. The molecule has 2 aliphatic rings. The van der Waals surface area contributed by atoms with Crippen molar-refractivity contribution in [2.75, 3.05) is 68.2 Å². The van der Waals surface area contributed by atoms with E-state index in [1.165, 1.54) is 6.33 Å². The van der Waals surface area contributed by atoms with Crippen LogP contribution in [-0.2, 0) is 14.3 Å². The predicted molar refractivity (Wildman–Crippen MR) is 120 cm³/mol. The van der Waals surface area contributed by atoms with E-state index >= 15 is 0 Å². The number of anilines is 3. The highest BCUT2D eigenvalue weighted by atomic mass is 16.5. The van der Waals surface area contributed by atoms with E-state index in [-0.39, 0.29) is 24.2 Å². The van der Waals surface area contributed by atoms with Crippen LogP contribution in [0.1, 0.15) is 6.42 Å². The molecule has 0 bridgehead atoms. The van der Waals surface area contributed by atoms with Crippen LogP contribution in [0.15, 0.2) is 36.7 Å². The third-order valence-electron chi connectivity index (χ3n) is 5.60. The highest BCUT2D eigenvalue weighted by Gasteiger charge is 2.34. The van der Waals surface area contributed by atoms with Crippen molar-refractivity contribution in [1.82, 2.24) is 15.3 Å². The molecule has 170 valence electrons. The SMILES string of the molecule is COc1ccc(N2CC(C(=O)NCCNc3cc(N4CCOCC4)ncn3)CC2=O)cc1. The van der Waals surface area contributed by atoms with Gasteiger partial charge in [-0.15, -0.1) is 0 Å². The van der Waals surface area contributed by atoms with E-state index in [0.29, 0.717) is 38.7 Å². The van der Waals surface area contributed by atoms with Crippen LogP contribution >= 0.6 is 0 Å². The van der Waals surface area contributed by atoms with E-state index in [1.807, 2.05) is 18.2 Å². The standard InChI is InChI=1S/C22H28N6O4/c1-31-18-4-2-17(3-5-18)28-14-16(12-21(28)29)22(30)24-7-6-23-19-13-20(26-15-25-19)27-8-10-32-11-9-27/h2-5,13,15-16H,6-12,14H2,1H3,(H,24,30)(H,23,25,26). The third-order valence-corrected chi connectivity index (χ3v) is 5.60. The first kappa shape index (κ1) is 21.8. The summed E-state index contributed by atoms with van der Waals surface area (Å²) in [7, 11) is 1.60. The normalized spacial score (nSPS) is 18.5. The van der Waals surface area contributed by atoms with Gasteiger partial charge in [0.15, 0.2) is 0 Å². The van der Waals surface area contributed by atoms with Gasteiger partial charge in [-0.2, -0.15) is 0 Å². The van der Waals surface area contributed by atoms with Gasteiger partial charge in [-0.05, 0) is 24.3 Å². The average molecular weight is 441 g/mol. The first-order valence-electron chi connectivity index (χ1n) is 10.7. The molecule has 0 saturated carbocycles. The molecule has 4 rings (SSSR count). The van der Waals surface area contributed by atoms with Crippen molar-refractivity contribution in [3.05, 3.63) is 36.7 Å². The van der Waals surface area contributed by atoms with Crippen molar-refractivity contribution in [1.29, 1.82) is 0 Å². The van der Waals surface area contributed by atoms with Crippen LogP contribution in [0.3, 0.4) is 0 Å². The maximum atomic E-state index is 12.6. The van der Waals surface area contributed by atoms with E-state index in [2.05, 4.69) is 25.5 Å². The summed E-state index contributed by atoms with van der Waals surface area (Å²) < 4.78 is 10.5. The quantitative estimate of drug-likeness (QED) is 0.583. The number of methoxy groups -OCH3 is 1. The maximum Gasteiger partial charge on any atom is 0.227 e. The summed E-state index contributed by atoms with van der Waals surface area (Å²) >= 11 is 0. The Bertz CT molecular complexity index is 932. The molecular formula is C22H28N6O4. The zero-order valence-corrected chi connectivity index (χ0v) is 18.1. The summed E-state index contributed by atoms with van der Waals surface area (Å²) in [4.78, 5) is 37.3. The number of hydrogen-bond acceptors (Lipinski definition) is 8. The van der Waals surface area contributed by atoms with Gasteiger partial charge < -0.3 is 29.9 Å². The monoisotopic (exact) mass is 440 g/mol. The Morgan fingerprint density at radius 2 is 1.97 bits per heavy atom. The Morgan fingerprint density at radius 1 is 1.19 bits per heavy atom. The fraction of sp³-hybridized carbons (Fsp3) is 0.455. The first-order chi connectivity index (χ1) is 15.6. The maximum absolute atomic E-state index is 12.6. The van der Waals surface area contributed by atoms with Crippen LogP contribution in [0, 0.1) is 5.92 Å². The number of carbonyl (C=O) groups is 2. The summed E-state index contributed by atoms with van der Waals surface area (Å²) in [6, 6.07) is 9.16. The van der Waals surface area contributed by atoms with Gasteiger partial charge in [-0.1, -0.05) is 0 Å². The summed E-state index contributed by atoms with van der Waals surface area (Å²) in [6.07, 6.45) is 1.74. The molecule has 2 amide bonds. The second-order valence-electron chi connectivity index (χ2n) is 7.68. The molecule has 1 unspecified atom stereocenters. The highest BCUT2D eigenvalue weighted by molar-refractivity contribution is 6.00. The zero-order chi connectivity index (χ0) is 22.3. The van der Waals surface area contributed by atoms with Gasteiger partial charge in [0.05, 0.1) is 26.2 Å². The zero-order valence-electron chi connectivity index (χ0n) is 18.1. The number of amides is 2. The molecule has 0 aliphatic carbocycles. The molecule has 10 heteroatoms. The Kier molecular flexibility index (Phi) is 7.00. The fourth-order valence-electron chi connectivity index (χ4n) is 3.82.